The maximum Gasteiger partial charge on any atom is 0.138 e. The van der Waals surface area contributed by atoms with Crippen LogP contribution in [-0.4, -0.2) is 21.3 Å². The van der Waals surface area contributed by atoms with E-state index in [1.54, 1.807) is 6.33 Å². The second-order valence-electron chi connectivity index (χ2n) is 3.74. The van der Waals surface area contributed by atoms with Gasteiger partial charge in [0.25, 0.3) is 0 Å². The van der Waals surface area contributed by atoms with E-state index < -0.39 is 0 Å². The van der Waals surface area contributed by atoms with E-state index in [1.165, 1.54) is 11.3 Å². The molecule has 4 heteroatoms. The minimum atomic E-state index is 0.918. The molecule has 0 atom stereocenters. The van der Waals surface area contributed by atoms with E-state index in [-0.39, 0.29) is 0 Å². The molecule has 2 aromatic rings. The summed E-state index contributed by atoms with van der Waals surface area (Å²) in [5, 5.41) is 7.54. The van der Waals surface area contributed by atoms with Gasteiger partial charge >= 0.3 is 0 Å². The Morgan fingerprint density at radius 1 is 1.40 bits per heavy atom. The predicted octanol–water partition coefficient (Wildman–Crippen LogP) is 1.54. The molecule has 0 fully saturated rings. The van der Waals surface area contributed by atoms with Crippen molar-refractivity contribution in [3.05, 3.63) is 35.9 Å². The van der Waals surface area contributed by atoms with Crippen LogP contribution in [0.5, 0.6) is 0 Å². The van der Waals surface area contributed by atoms with Gasteiger partial charge in [-0.15, -0.1) is 0 Å². The van der Waals surface area contributed by atoms with Gasteiger partial charge in [-0.25, -0.2) is 9.67 Å². The number of anilines is 1. The minimum Gasteiger partial charge on any atom is -0.384 e. The van der Waals surface area contributed by atoms with Crippen molar-refractivity contribution in [3.63, 3.8) is 0 Å². The highest BCUT2D eigenvalue weighted by molar-refractivity contribution is 5.59. The Morgan fingerprint density at radius 2 is 2.33 bits per heavy atom. The molecule has 1 aromatic carbocycles. The van der Waals surface area contributed by atoms with Crippen molar-refractivity contribution in [1.29, 1.82) is 0 Å². The first-order valence-corrected chi connectivity index (χ1v) is 5.08. The minimum absolute atomic E-state index is 0.918. The summed E-state index contributed by atoms with van der Waals surface area (Å²) in [6, 6.07) is 6.36. The van der Waals surface area contributed by atoms with E-state index in [9.17, 15) is 0 Å². The van der Waals surface area contributed by atoms with Gasteiger partial charge in [0.2, 0.25) is 0 Å². The van der Waals surface area contributed by atoms with Crippen molar-refractivity contribution in [3.8, 4) is 5.69 Å². The van der Waals surface area contributed by atoms with Crippen molar-refractivity contribution < 1.29 is 0 Å². The maximum atomic E-state index is 4.20. The van der Waals surface area contributed by atoms with Gasteiger partial charge in [-0.2, -0.15) is 5.10 Å². The maximum absolute atomic E-state index is 4.20. The van der Waals surface area contributed by atoms with Crippen LogP contribution in [0.1, 0.15) is 11.4 Å². The first-order valence-electron chi connectivity index (χ1n) is 5.08. The first kappa shape index (κ1) is 8.47. The van der Waals surface area contributed by atoms with Gasteiger partial charge in [-0.3, -0.25) is 0 Å². The normalized spacial score (nSPS) is 13.7. The highest BCUT2D eigenvalue weighted by atomic mass is 15.3. The molecule has 0 radical (unpaired) electrons. The number of hydrogen-bond acceptors (Lipinski definition) is 3. The molecular formula is C11H12N4. The summed E-state index contributed by atoms with van der Waals surface area (Å²) >= 11 is 0. The molecule has 0 spiro atoms. The standard InChI is InChI=1S/C11H12N4/c1-8-13-7-14-15(8)10-2-3-11-9(6-10)4-5-12-11/h2-3,6-7,12H,4-5H2,1H3. The van der Waals surface area contributed by atoms with Gasteiger partial charge in [0.1, 0.15) is 12.2 Å². The highest BCUT2D eigenvalue weighted by Crippen LogP contribution is 2.24. The SMILES string of the molecule is Cc1ncnn1-c1ccc2c(c1)CCN2. The Bertz CT molecular complexity index is 501. The van der Waals surface area contributed by atoms with E-state index in [4.69, 9.17) is 0 Å². The second-order valence-corrected chi connectivity index (χ2v) is 3.74. The first-order chi connectivity index (χ1) is 7.34. The van der Waals surface area contributed by atoms with Crippen LogP contribution in [0.25, 0.3) is 5.69 Å². The number of hydrogen-bond donors (Lipinski definition) is 1. The third-order valence-electron chi connectivity index (χ3n) is 2.76. The molecule has 76 valence electrons. The van der Waals surface area contributed by atoms with Crippen LogP contribution in [-0.2, 0) is 6.42 Å². The fourth-order valence-corrected chi connectivity index (χ4v) is 1.98. The van der Waals surface area contributed by atoms with Crippen molar-refractivity contribution >= 4 is 5.69 Å². The molecule has 1 aliphatic heterocycles. The Kier molecular flexibility index (Phi) is 1.74. The summed E-state index contributed by atoms with van der Waals surface area (Å²) in [5.74, 6) is 0.918. The van der Waals surface area contributed by atoms with Gasteiger partial charge in [-0.05, 0) is 37.1 Å². The number of benzene rings is 1. The molecule has 3 rings (SSSR count). The largest absolute Gasteiger partial charge is 0.384 e. The van der Waals surface area contributed by atoms with Crippen LogP contribution in [0.4, 0.5) is 5.69 Å². The van der Waals surface area contributed by atoms with Gasteiger partial charge in [0, 0.05) is 12.2 Å². The monoisotopic (exact) mass is 200 g/mol. The summed E-state index contributed by atoms with van der Waals surface area (Å²) in [6.07, 6.45) is 2.68. The fourth-order valence-electron chi connectivity index (χ4n) is 1.98. The zero-order valence-electron chi connectivity index (χ0n) is 8.57. The lowest BCUT2D eigenvalue weighted by atomic mass is 10.1. The molecule has 0 amide bonds. The summed E-state index contributed by atoms with van der Waals surface area (Å²) in [4.78, 5) is 4.12. The van der Waals surface area contributed by atoms with Crippen molar-refractivity contribution in [2.24, 2.45) is 0 Å². The number of nitrogens with one attached hydrogen (secondary N) is 1. The molecule has 1 N–H and O–H groups in total. The van der Waals surface area contributed by atoms with Crippen molar-refractivity contribution in [2.75, 3.05) is 11.9 Å². The van der Waals surface area contributed by atoms with Gasteiger partial charge in [0.05, 0.1) is 5.69 Å². The van der Waals surface area contributed by atoms with Crippen LogP contribution in [0.15, 0.2) is 24.5 Å². The number of aryl methyl sites for hydroxylation is 1. The van der Waals surface area contributed by atoms with Crippen molar-refractivity contribution in [1.82, 2.24) is 14.8 Å². The number of rotatable bonds is 1. The molecule has 0 saturated carbocycles. The third-order valence-corrected chi connectivity index (χ3v) is 2.76. The number of fused-ring (bicyclic) bond motifs is 1. The van der Waals surface area contributed by atoms with E-state index in [2.05, 4.69) is 33.6 Å². The molecule has 0 saturated heterocycles. The molecule has 0 aliphatic carbocycles. The van der Waals surface area contributed by atoms with Crippen molar-refractivity contribution in [2.45, 2.75) is 13.3 Å². The molecule has 2 heterocycles. The van der Waals surface area contributed by atoms with E-state index in [0.717, 1.165) is 24.5 Å². The highest BCUT2D eigenvalue weighted by Gasteiger charge is 2.11. The lowest BCUT2D eigenvalue weighted by Crippen LogP contribution is -1.99. The summed E-state index contributed by atoms with van der Waals surface area (Å²) in [7, 11) is 0. The van der Waals surface area contributed by atoms with Crippen LogP contribution in [0.3, 0.4) is 0 Å². The second kappa shape index (κ2) is 3.08. The van der Waals surface area contributed by atoms with Gasteiger partial charge < -0.3 is 5.32 Å². The summed E-state index contributed by atoms with van der Waals surface area (Å²) in [6.45, 7) is 2.99. The van der Waals surface area contributed by atoms with E-state index in [1.807, 2.05) is 11.6 Å². The summed E-state index contributed by atoms with van der Waals surface area (Å²) < 4.78 is 1.86. The number of aromatic nitrogens is 3. The third kappa shape index (κ3) is 1.29. The molecule has 4 nitrogen and oxygen atoms in total. The van der Waals surface area contributed by atoms with Crippen LogP contribution in [0.2, 0.25) is 0 Å². The van der Waals surface area contributed by atoms with E-state index in [0.29, 0.717) is 0 Å². The topological polar surface area (TPSA) is 42.7 Å². The number of nitrogens with zero attached hydrogens (tertiary/aromatic N) is 3. The molecule has 15 heavy (non-hydrogen) atoms. The lowest BCUT2D eigenvalue weighted by Gasteiger charge is -2.05. The molecule has 1 aromatic heterocycles. The van der Waals surface area contributed by atoms with Crippen LogP contribution in [0, 0.1) is 6.92 Å². The Hall–Kier alpha value is -1.84. The van der Waals surface area contributed by atoms with Gasteiger partial charge in [-0.1, -0.05) is 0 Å². The smallest absolute Gasteiger partial charge is 0.138 e. The molecule has 1 aliphatic rings. The van der Waals surface area contributed by atoms with Crippen LogP contribution < -0.4 is 5.32 Å². The molecule has 0 bridgehead atoms. The summed E-state index contributed by atoms with van der Waals surface area (Å²) in [5.41, 5.74) is 3.70. The zero-order valence-corrected chi connectivity index (χ0v) is 8.57. The quantitative estimate of drug-likeness (QED) is 0.759. The Balaban J connectivity index is 2.11. The van der Waals surface area contributed by atoms with Gasteiger partial charge in [0.15, 0.2) is 0 Å². The Morgan fingerprint density at radius 3 is 3.13 bits per heavy atom. The fraction of sp³-hybridized carbons (Fsp3) is 0.273. The molecular weight excluding hydrogens is 188 g/mol. The van der Waals surface area contributed by atoms with Crippen LogP contribution >= 0.6 is 0 Å². The average Bonchev–Trinajstić information content (AvgIpc) is 2.84. The predicted molar refractivity (Wildman–Crippen MR) is 58.3 cm³/mol. The molecule has 0 unspecified atom stereocenters. The average molecular weight is 200 g/mol. The zero-order chi connectivity index (χ0) is 10.3. The van der Waals surface area contributed by atoms with E-state index >= 15 is 0 Å². The lowest BCUT2D eigenvalue weighted by molar-refractivity contribution is 0.839. The Labute approximate surface area is 88.0 Å².